The number of alkyl carbamates (subject to hydrolysis) is 1. The SMILES string of the molecule is CC[C@H](C)[C@@H](NC(=O)OCc1ccccc1)C(N)=O. The fourth-order valence-electron chi connectivity index (χ4n) is 1.62. The van der Waals surface area contributed by atoms with Crippen LogP contribution in [0.3, 0.4) is 0 Å². The van der Waals surface area contributed by atoms with E-state index in [2.05, 4.69) is 5.32 Å². The summed E-state index contributed by atoms with van der Waals surface area (Å²) in [4.78, 5) is 22.9. The van der Waals surface area contributed by atoms with Gasteiger partial charge in [-0.25, -0.2) is 4.79 Å². The summed E-state index contributed by atoms with van der Waals surface area (Å²) in [6.45, 7) is 3.95. The molecule has 0 saturated heterocycles. The number of rotatable bonds is 6. The van der Waals surface area contributed by atoms with Crippen molar-refractivity contribution in [2.24, 2.45) is 11.7 Å². The molecule has 2 atom stereocenters. The van der Waals surface area contributed by atoms with E-state index in [1.54, 1.807) is 0 Å². The van der Waals surface area contributed by atoms with E-state index >= 15 is 0 Å². The van der Waals surface area contributed by atoms with Gasteiger partial charge in [0, 0.05) is 0 Å². The van der Waals surface area contributed by atoms with Crippen molar-refractivity contribution >= 4 is 12.0 Å². The van der Waals surface area contributed by atoms with Crippen LogP contribution in [0.4, 0.5) is 4.79 Å². The van der Waals surface area contributed by atoms with Crippen LogP contribution in [-0.2, 0) is 16.1 Å². The van der Waals surface area contributed by atoms with Crippen LogP contribution in [0.15, 0.2) is 30.3 Å². The Balaban J connectivity index is 2.47. The lowest BCUT2D eigenvalue weighted by Crippen LogP contribution is -2.48. The average molecular weight is 264 g/mol. The molecule has 1 rings (SSSR count). The van der Waals surface area contributed by atoms with E-state index in [0.717, 1.165) is 12.0 Å². The van der Waals surface area contributed by atoms with E-state index in [9.17, 15) is 9.59 Å². The average Bonchev–Trinajstić information content (AvgIpc) is 2.42. The van der Waals surface area contributed by atoms with Gasteiger partial charge >= 0.3 is 6.09 Å². The number of hydrogen-bond donors (Lipinski definition) is 2. The minimum absolute atomic E-state index is 0.0261. The van der Waals surface area contributed by atoms with Gasteiger partial charge in [0.25, 0.3) is 0 Å². The Bertz CT molecular complexity index is 420. The van der Waals surface area contributed by atoms with E-state index < -0.39 is 18.0 Å². The van der Waals surface area contributed by atoms with Crippen LogP contribution in [0.25, 0.3) is 0 Å². The van der Waals surface area contributed by atoms with Gasteiger partial charge in [-0.2, -0.15) is 0 Å². The summed E-state index contributed by atoms with van der Waals surface area (Å²) in [7, 11) is 0. The molecule has 0 aliphatic carbocycles. The first-order valence-electron chi connectivity index (χ1n) is 6.31. The Hall–Kier alpha value is -2.04. The number of nitrogens with two attached hydrogens (primary N) is 1. The van der Waals surface area contributed by atoms with E-state index in [1.807, 2.05) is 44.2 Å². The Kier molecular flexibility index (Phi) is 5.85. The molecule has 0 aliphatic heterocycles. The van der Waals surface area contributed by atoms with Crippen LogP contribution in [0, 0.1) is 5.92 Å². The molecule has 0 spiro atoms. The molecule has 2 amide bonds. The number of hydrogen-bond acceptors (Lipinski definition) is 3. The fourth-order valence-corrected chi connectivity index (χ4v) is 1.62. The van der Waals surface area contributed by atoms with Gasteiger partial charge in [0.05, 0.1) is 0 Å². The first-order chi connectivity index (χ1) is 9.04. The highest BCUT2D eigenvalue weighted by atomic mass is 16.5. The van der Waals surface area contributed by atoms with Gasteiger partial charge in [0.2, 0.25) is 5.91 Å². The maximum absolute atomic E-state index is 11.6. The third-order valence-electron chi connectivity index (χ3n) is 3.01. The highest BCUT2D eigenvalue weighted by molar-refractivity contribution is 5.84. The number of nitrogens with one attached hydrogen (secondary N) is 1. The van der Waals surface area contributed by atoms with Crippen LogP contribution >= 0.6 is 0 Å². The molecule has 0 aromatic heterocycles. The second-order valence-electron chi connectivity index (χ2n) is 4.47. The van der Waals surface area contributed by atoms with Gasteiger partial charge in [-0.05, 0) is 11.5 Å². The second kappa shape index (κ2) is 7.41. The number of ether oxygens (including phenoxy) is 1. The van der Waals surface area contributed by atoms with Crippen molar-refractivity contribution in [2.45, 2.75) is 32.9 Å². The third-order valence-corrected chi connectivity index (χ3v) is 3.01. The number of amides is 2. The number of benzene rings is 1. The van der Waals surface area contributed by atoms with Crippen LogP contribution in [0.2, 0.25) is 0 Å². The van der Waals surface area contributed by atoms with E-state index in [1.165, 1.54) is 0 Å². The monoisotopic (exact) mass is 264 g/mol. The van der Waals surface area contributed by atoms with Crippen LogP contribution < -0.4 is 11.1 Å². The van der Waals surface area contributed by atoms with Crippen LogP contribution in [0.1, 0.15) is 25.8 Å². The Morgan fingerprint density at radius 2 is 1.95 bits per heavy atom. The maximum Gasteiger partial charge on any atom is 0.408 e. The van der Waals surface area contributed by atoms with E-state index in [0.29, 0.717) is 0 Å². The topological polar surface area (TPSA) is 81.4 Å². The Morgan fingerprint density at radius 3 is 2.47 bits per heavy atom. The lowest BCUT2D eigenvalue weighted by molar-refractivity contribution is -0.121. The summed E-state index contributed by atoms with van der Waals surface area (Å²) in [5.41, 5.74) is 6.15. The van der Waals surface area contributed by atoms with Crippen molar-refractivity contribution in [3.8, 4) is 0 Å². The molecule has 0 heterocycles. The van der Waals surface area contributed by atoms with Gasteiger partial charge < -0.3 is 15.8 Å². The summed E-state index contributed by atoms with van der Waals surface area (Å²) in [6, 6.07) is 8.62. The summed E-state index contributed by atoms with van der Waals surface area (Å²) in [5.74, 6) is -0.576. The molecule has 0 saturated carbocycles. The molecule has 3 N–H and O–H groups in total. The van der Waals surface area contributed by atoms with Crippen molar-refractivity contribution < 1.29 is 14.3 Å². The molecule has 0 unspecified atom stereocenters. The highest BCUT2D eigenvalue weighted by Gasteiger charge is 2.24. The summed E-state index contributed by atoms with van der Waals surface area (Å²) >= 11 is 0. The molecule has 1 aromatic carbocycles. The summed E-state index contributed by atoms with van der Waals surface area (Å²) < 4.78 is 5.05. The predicted molar refractivity (Wildman–Crippen MR) is 72.2 cm³/mol. The Morgan fingerprint density at radius 1 is 1.32 bits per heavy atom. The zero-order valence-electron chi connectivity index (χ0n) is 11.3. The minimum atomic E-state index is -0.701. The lowest BCUT2D eigenvalue weighted by Gasteiger charge is -2.20. The molecule has 19 heavy (non-hydrogen) atoms. The summed E-state index contributed by atoms with van der Waals surface area (Å²) in [5, 5.41) is 2.50. The van der Waals surface area contributed by atoms with Crippen molar-refractivity contribution in [3.63, 3.8) is 0 Å². The second-order valence-corrected chi connectivity index (χ2v) is 4.47. The van der Waals surface area contributed by atoms with Gasteiger partial charge in [-0.15, -0.1) is 0 Å². The number of primary amides is 1. The maximum atomic E-state index is 11.6. The van der Waals surface area contributed by atoms with E-state index in [-0.39, 0.29) is 12.5 Å². The highest BCUT2D eigenvalue weighted by Crippen LogP contribution is 2.08. The van der Waals surface area contributed by atoms with Crippen LogP contribution in [-0.4, -0.2) is 18.0 Å². The summed E-state index contributed by atoms with van der Waals surface area (Å²) in [6.07, 6.45) is 0.111. The number of carbonyl (C=O) groups excluding carboxylic acids is 2. The standard InChI is InChI=1S/C14H20N2O3/c1-3-10(2)12(13(15)17)16-14(18)19-9-11-7-5-4-6-8-11/h4-8,10,12H,3,9H2,1-2H3,(H2,15,17)(H,16,18)/t10-,12+/m0/s1. The molecule has 0 radical (unpaired) electrons. The molecular weight excluding hydrogens is 244 g/mol. The zero-order chi connectivity index (χ0) is 14.3. The molecule has 1 aromatic rings. The molecule has 0 aliphatic rings. The van der Waals surface area contributed by atoms with Gasteiger partial charge in [0.15, 0.2) is 0 Å². The van der Waals surface area contributed by atoms with Gasteiger partial charge in [-0.3, -0.25) is 4.79 Å². The van der Waals surface area contributed by atoms with Crippen molar-refractivity contribution in [3.05, 3.63) is 35.9 Å². The third kappa shape index (κ3) is 4.99. The normalized spacial score (nSPS) is 13.4. The van der Waals surface area contributed by atoms with E-state index in [4.69, 9.17) is 10.5 Å². The first kappa shape index (κ1) is 15.0. The quantitative estimate of drug-likeness (QED) is 0.822. The smallest absolute Gasteiger partial charge is 0.408 e. The molecule has 0 fully saturated rings. The number of carbonyl (C=O) groups is 2. The lowest BCUT2D eigenvalue weighted by atomic mass is 9.99. The molecule has 0 bridgehead atoms. The van der Waals surface area contributed by atoms with Crippen molar-refractivity contribution in [2.75, 3.05) is 0 Å². The molecular formula is C14H20N2O3. The Labute approximate surface area is 113 Å². The van der Waals surface area contributed by atoms with Gasteiger partial charge in [0.1, 0.15) is 12.6 Å². The molecule has 104 valence electrons. The fraction of sp³-hybridized carbons (Fsp3) is 0.429. The predicted octanol–water partition coefficient (Wildman–Crippen LogP) is 1.81. The largest absolute Gasteiger partial charge is 0.445 e. The molecule has 5 heteroatoms. The van der Waals surface area contributed by atoms with Gasteiger partial charge in [-0.1, -0.05) is 50.6 Å². The zero-order valence-corrected chi connectivity index (χ0v) is 11.3. The first-order valence-corrected chi connectivity index (χ1v) is 6.31. The van der Waals surface area contributed by atoms with Crippen LogP contribution in [0.5, 0.6) is 0 Å². The molecule has 5 nitrogen and oxygen atoms in total. The minimum Gasteiger partial charge on any atom is -0.445 e. The van der Waals surface area contributed by atoms with Crippen molar-refractivity contribution in [1.82, 2.24) is 5.32 Å². The van der Waals surface area contributed by atoms with Crippen molar-refractivity contribution in [1.29, 1.82) is 0 Å².